The van der Waals surface area contributed by atoms with Gasteiger partial charge in [0.1, 0.15) is 11.8 Å². The van der Waals surface area contributed by atoms with Gasteiger partial charge in [-0.2, -0.15) is 0 Å². The minimum atomic E-state index is -1.11. The Morgan fingerprint density at radius 3 is 2.65 bits per heavy atom. The lowest BCUT2D eigenvalue weighted by Crippen LogP contribution is -2.32. The molecular weight excluding hydrogens is 556 g/mol. The molecule has 0 spiro atoms. The second-order valence-electron chi connectivity index (χ2n) is 11.4. The average molecular weight is 603 g/mol. The number of hydrogen-bond acceptors (Lipinski definition) is 7. The second kappa shape index (κ2) is 15.6. The number of anilines is 1. The fourth-order valence-corrected chi connectivity index (χ4v) is 6.83. The van der Waals surface area contributed by atoms with Gasteiger partial charge in [0, 0.05) is 47.8 Å². The van der Waals surface area contributed by atoms with Crippen molar-refractivity contribution >= 4 is 28.9 Å². The van der Waals surface area contributed by atoms with Crippen LogP contribution >= 0.6 is 11.8 Å². The van der Waals surface area contributed by atoms with Crippen molar-refractivity contribution < 1.29 is 19.8 Å². The van der Waals surface area contributed by atoms with E-state index in [1.54, 1.807) is 11.8 Å². The molecule has 2 aliphatic carbocycles. The monoisotopic (exact) mass is 602 g/mol. The van der Waals surface area contributed by atoms with Gasteiger partial charge in [0.05, 0.1) is 0 Å². The zero-order chi connectivity index (χ0) is 30.9. The van der Waals surface area contributed by atoms with E-state index in [0.717, 1.165) is 60.2 Å². The van der Waals surface area contributed by atoms with Crippen LogP contribution in [0.3, 0.4) is 0 Å². The van der Waals surface area contributed by atoms with E-state index in [2.05, 4.69) is 80.3 Å². The number of hydrogen-bond donors (Lipinski definition) is 2. The Kier molecular flexibility index (Phi) is 11.9. The Hall–Kier alpha value is -3.13. The lowest BCUT2D eigenvalue weighted by molar-refractivity contribution is -0.110. The smallest absolute Gasteiger partial charge is 0.221 e. The molecule has 4 rings (SSSR count). The summed E-state index contributed by atoms with van der Waals surface area (Å²) >= 11 is 1.72. The molecule has 2 N–H and O–H groups in total. The molecule has 0 fully saturated rings. The number of likely N-dealkylation sites (N-methyl/N-ethyl adjacent to an activating group) is 1. The van der Waals surface area contributed by atoms with Crippen LogP contribution in [-0.2, 0) is 16.1 Å². The van der Waals surface area contributed by atoms with Crippen LogP contribution in [0.1, 0.15) is 84.0 Å². The molecule has 1 aromatic carbocycles. The van der Waals surface area contributed by atoms with E-state index in [9.17, 15) is 15.0 Å². The van der Waals surface area contributed by atoms with Crippen molar-refractivity contribution in [2.24, 2.45) is 5.16 Å². The zero-order valence-electron chi connectivity index (χ0n) is 26.2. The zero-order valence-corrected chi connectivity index (χ0v) is 27.0. The molecule has 0 bridgehead atoms. The van der Waals surface area contributed by atoms with E-state index >= 15 is 0 Å². The summed E-state index contributed by atoms with van der Waals surface area (Å²) in [6.45, 7) is 10.7. The molecule has 3 unspecified atom stereocenters. The fraction of sp³-hybridized carbons (Fsp3) is 0.444. The van der Waals surface area contributed by atoms with Gasteiger partial charge in [0.25, 0.3) is 0 Å². The first-order valence-corrected chi connectivity index (χ1v) is 16.5. The number of thioether (sulfide) groups is 1. The first kappa shape index (κ1) is 32.8. The van der Waals surface area contributed by atoms with Crippen molar-refractivity contribution in [3.8, 4) is 0 Å². The lowest BCUT2D eigenvalue weighted by atomic mass is 9.89. The third-order valence-electron chi connectivity index (χ3n) is 8.21. The van der Waals surface area contributed by atoms with Crippen LogP contribution in [0.2, 0.25) is 0 Å². The molecule has 3 atom stereocenters. The molecule has 0 saturated carbocycles. The highest BCUT2D eigenvalue weighted by Gasteiger charge is 2.23. The Morgan fingerprint density at radius 1 is 1.14 bits per heavy atom. The molecule has 6 nitrogen and oxygen atoms in total. The van der Waals surface area contributed by atoms with E-state index < -0.39 is 12.4 Å². The highest BCUT2D eigenvalue weighted by atomic mass is 32.2. The number of oxime groups is 1. The van der Waals surface area contributed by atoms with E-state index in [4.69, 9.17) is 4.84 Å². The van der Waals surface area contributed by atoms with Crippen molar-refractivity contribution in [3.63, 3.8) is 0 Å². The molecular formula is C36H46N2O4S. The lowest BCUT2D eigenvalue weighted by Gasteiger charge is -2.31. The number of carbonyl (C=O) groups is 1. The molecule has 1 aromatic rings. The third kappa shape index (κ3) is 8.49. The largest absolute Gasteiger partial charge is 0.384 e. The molecule has 1 heterocycles. The molecule has 0 saturated heterocycles. The van der Waals surface area contributed by atoms with Gasteiger partial charge in [-0.05, 0) is 93.7 Å². The average Bonchev–Trinajstić information content (AvgIpc) is 3.06. The minimum absolute atomic E-state index is 0.0416. The molecule has 7 heteroatoms. The summed E-state index contributed by atoms with van der Waals surface area (Å²) in [4.78, 5) is 22.6. The van der Waals surface area contributed by atoms with Gasteiger partial charge in [-0.1, -0.05) is 59.8 Å². The second-order valence-corrected chi connectivity index (χ2v) is 12.5. The predicted octanol–water partition coefficient (Wildman–Crippen LogP) is 7.67. The number of aliphatic hydroxyl groups excluding tert-OH is 2. The van der Waals surface area contributed by atoms with Crippen molar-refractivity contribution in [1.29, 1.82) is 0 Å². The van der Waals surface area contributed by atoms with Gasteiger partial charge in [0.2, 0.25) is 12.1 Å². The molecule has 3 aliphatic rings. The predicted molar refractivity (Wildman–Crippen MR) is 179 cm³/mol. The van der Waals surface area contributed by atoms with Gasteiger partial charge < -0.3 is 20.0 Å². The van der Waals surface area contributed by atoms with Crippen LogP contribution in [-0.4, -0.2) is 46.3 Å². The topological polar surface area (TPSA) is 82.4 Å². The van der Waals surface area contributed by atoms with E-state index in [1.807, 2.05) is 18.2 Å². The third-order valence-corrected chi connectivity index (χ3v) is 9.42. The summed E-state index contributed by atoms with van der Waals surface area (Å²) in [5.41, 5.74) is 7.32. The van der Waals surface area contributed by atoms with E-state index in [1.165, 1.54) is 17.4 Å². The van der Waals surface area contributed by atoms with Crippen LogP contribution in [0.25, 0.3) is 0 Å². The summed E-state index contributed by atoms with van der Waals surface area (Å²) < 4.78 is 0. The number of aliphatic hydroxyl groups is 2. The Morgan fingerprint density at radius 2 is 1.93 bits per heavy atom. The maximum atomic E-state index is 13.9. The molecule has 1 aliphatic heterocycles. The molecule has 43 heavy (non-hydrogen) atoms. The van der Waals surface area contributed by atoms with Crippen molar-refractivity contribution in [2.75, 3.05) is 17.2 Å². The van der Waals surface area contributed by atoms with Gasteiger partial charge in [-0.15, -0.1) is 11.8 Å². The number of rotatable bonds is 11. The van der Waals surface area contributed by atoms with Crippen LogP contribution in [0.5, 0.6) is 0 Å². The highest BCUT2D eigenvalue weighted by Crippen LogP contribution is 2.35. The number of carbonyl (C=O) groups excluding carboxylic acids is 1. The Bertz CT molecular complexity index is 1400. The summed E-state index contributed by atoms with van der Waals surface area (Å²) in [5.74, 6) is 0.475. The normalized spacial score (nSPS) is 21.9. The fourth-order valence-electron chi connectivity index (χ4n) is 5.77. The summed E-state index contributed by atoms with van der Waals surface area (Å²) in [6.07, 6.45) is 17.7. The van der Waals surface area contributed by atoms with Crippen molar-refractivity contribution in [2.45, 2.75) is 91.6 Å². The van der Waals surface area contributed by atoms with Gasteiger partial charge >= 0.3 is 0 Å². The number of allylic oxidation sites excluding steroid dienone is 9. The van der Waals surface area contributed by atoms with Crippen LogP contribution in [0.4, 0.5) is 5.69 Å². The van der Waals surface area contributed by atoms with Crippen LogP contribution in [0.15, 0.2) is 93.1 Å². The number of ketones is 1. The quantitative estimate of drug-likeness (QED) is 0.154. The molecule has 0 aromatic heterocycles. The Balaban J connectivity index is 1.62. The number of benzene rings is 1. The van der Waals surface area contributed by atoms with Crippen molar-refractivity contribution in [3.05, 3.63) is 99.1 Å². The summed E-state index contributed by atoms with van der Waals surface area (Å²) in [6, 6.07) is 6.27. The highest BCUT2D eigenvalue weighted by molar-refractivity contribution is 8.03. The van der Waals surface area contributed by atoms with Gasteiger partial charge in [-0.25, -0.2) is 0 Å². The van der Waals surface area contributed by atoms with Gasteiger partial charge in [0.15, 0.2) is 0 Å². The minimum Gasteiger partial charge on any atom is -0.384 e. The first-order valence-electron chi connectivity index (χ1n) is 15.5. The number of fused-ring (bicyclic) bond motifs is 1. The molecule has 230 valence electrons. The number of Topliss-reactive ketones (excluding diaryl/α,β-unsaturated/α-hetero) is 1. The maximum Gasteiger partial charge on any atom is 0.221 e. The Labute approximate surface area is 261 Å². The molecule has 0 amide bonds. The SMILES string of the molecule is CCN1c2ccc(C(O)C3=C(C)C=CCC3)cc2C/C=C(/C(=O)/C(CCSC2=CCCC=C2C)=N/OC(C)O)C=CC1C. The maximum absolute atomic E-state index is 13.9. The van der Waals surface area contributed by atoms with Gasteiger partial charge in [-0.3, -0.25) is 4.79 Å². The van der Waals surface area contributed by atoms with Crippen LogP contribution < -0.4 is 4.90 Å². The first-order chi connectivity index (χ1) is 20.7. The molecule has 0 radical (unpaired) electrons. The number of nitrogens with zero attached hydrogens (tertiary/aromatic N) is 2. The van der Waals surface area contributed by atoms with Crippen LogP contribution in [0, 0.1) is 0 Å². The summed E-state index contributed by atoms with van der Waals surface area (Å²) in [7, 11) is 0. The van der Waals surface area contributed by atoms with Crippen molar-refractivity contribution in [1.82, 2.24) is 0 Å². The van der Waals surface area contributed by atoms with E-state index in [0.29, 0.717) is 29.9 Å². The summed E-state index contributed by atoms with van der Waals surface area (Å²) in [5, 5.41) is 25.2. The standard InChI is InChI=1S/C36H46N2O4S/c1-6-38-26(4)15-16-28(36(41)32(37-42-27(5)39)21-22-43-34-14-10-8-12-25(34)3)17-18-29-23-30(19-20-33(29)38)35(40)31-13-9-7-11-24(31)2/h7,11-12,14-17,19-20,23,26-27,35,39-40H,6,8-10,13,18,21-22H2,1-5H3/b16-15?,28-17+,37-32+. The van der Waals surface area contributed by atoms with E-state index in [-0.39, 0.29) is 11.8 Å².